The van der Waals surface area contributed by atoms with Crippen LogP contribution in [0.5, 0.6) is 0 Å². The number of carbonyl (C=O) groups excluding carboxylic acids is 1. The fourth-order valence-electron chi connectivity index (χ4n) is 2.76. The monoisotopic (exact) mass is 301 g/mol. The first-order valence-electron chi connectivity index (χ1n) is 7.48. The van der Waals surface area contributed by atoms with E-state index in [0.717, 1.165) is 30.8 Å². The van der Waals surface area contributed by atoms with Gasteiger partial charge in [0.1, 0.15) is 5.54 Å². The average Bonchev–Trinajstić information content (AvgIpc) is 2.89. The summed E-state index contributed by atoms with van der Waals surface area (Å²) in [5.74, 6) is -1.29. The number of carboxylic acids is 1. The quantitative estimate of drug-likeness (QED) is 0.891. The molecule has 2 N–H and O–H groups in total. The minimum Gasteiger partial charge on any atom is -0.480 e. The van der Waals surface area contributed by atoms with Crippen LogP contribution >= 0.6 is 0 Å². The number of carboxylic acid groups (broad SMARTS) is 1. The first kappa shape index (κ1) is 14.6. The molecule has 1 aromatic rings. The van der Waals surface area contributed by atoms with Crippen molar-refractivity contribution in [3.63, 3.8) is 0 Å². The van der Waals surface area contributed by atoms with E-state index in [0.29, 0.717) is 18.4 Å². The molecule has 0 saturated heterocycles. The molecule has 0 radical (unpaired) electrons. The van der Waals surface area contributed by atoms with Crippen LogP contribution in [0.15, 0.2) is 29.4 Å². The lowest BCUT2D eigenvalue weighted by molar-refractivity contribution is -0.148. The van der Waals surface area contributed by atoms with Crippen molar-refractivity contribution in [3.05, 3.63) is 29.8 Å². The van der Waals surface area contributed by atoms with Crippen molar-refractivity contribution in [3.8, 4) is 0 Å². The van der Waals surface area contributed by atoms with Gasteiger partial charge < -0.3 is 10.4 Å². The summed E-state index contributed by atoms with van der Waals surface area (Å²) in [4.78, 5) is 23.5. The number of aliphatic carboxylic acids is 1. The van der Waals surface area contributed by atoms with E-state index in [2.05, 4.69) is 10.4 Å². The maximum Gasteiger partial charge on any atom is 0.329 e. The number of hydrogen-bond donors (Lipinski definition) is 2. The second-order valence-corrected chi connectivity index (χ2v) is 5.95. The highest BCUT2D eigenvalue weighted by Gasteiger charge is 2.45. The number of rotatable bonds is 4. The highest BCUT2D eigenvalue weighted by Crippen LogP contribution is 2.32. The largest absolute Gasteiger partial charge is 0.480 e. The molecule has 1 amide bonds. The van der Waals surface area contributed by atoms with Crippen LogP contribution in [0.25, 0.3) is 0 Å². The van der Waals surface area contributed by atoms with E-state index in [4.69, 9.17) is 0 Å². The molecule has 1 aromatic carbocycles. The van der Waals surface area contributed by atoms with E-state index in [-0.39, 0.29) is 5.91 Å². The number of nitrogens with one attached hydrogen (secondary N) is 1. The highest BCUT2D eigenvalue weighted by atomic mass is 16.4. The van der Waals surface area contributed by atoms with Crippen LogP contribution in [-0.2, 0) is 4.79 Å². The predicted octanol–water partition coefficient (Wildman–Crippen LogP) is 2.01. The predicted molar refractivity (Wildman–Crippen MR) is 83.2 cm³/mol. The van der Waals surface area contributed by atoms with Crippen molar-refractivity contribution in [2.45, 2.75) is 38.1 Å². The van der Waals surface area contributed by atoms with Crippen molar-refractivity contribution in [2.24, 2.45) is 5.10 Å². The molecular formula is C16H19N3O3. The lowest BCUT2D eigenvalue weighted by atomic mass is 9.76. The number of hydrazone groups is 1. The normalized spacial score (nSPS) is 19.3. The maximum absolute atomic E-state index is 12.2. The zero-order chi connectivity index (χ0) is 15.7. The molecule has 2 aliphatic rings. The Balaban J connectivity index is 1.70. The Hall–Kier alpha value is -2.37. The molecule has 1 aliphatic heterocycles. The summed E-state index contributed by atoms with van der Waals surface area (Å²) >= 11 is 0. The van der Waals surface area contributed by atoms with Gasteiger partial charge in [0, 0.05) is 24.2 Å². The minimum absolute atomic E-state index is 0.338. The first-order valence-corrected chi connectivity index (χ1v) is 7.48. The molecule has 0 bridgehead atoms. The number of amides is 1. The molecule has 0 atom stereocenters. The zero-order valence-corrected chi connectivity index (χ0v) is 12.5. The topological polar surface area (TPSA) is 82.0 Å². The number of benzene rings is 1. The Morgan fingerprint density at radius 1 is 1.27 bits per heavy atom. The first-order chi connectivity index (χ1) is 10.5. The third-order valence-electron chi connectivity index (χ3n) is 4.37. The van der Waals surface area contributed by atoms with Gasteiger partial charge in [0.05, 0.1) is 5.69 Å². The molecule has 0 aromatic heterocycles. The number of anilines is 1. The van der Waals surface area contributed by atoms with Gasteiger partial charge in [-0.25, -0.2) is 4.79 Å². The molecule has 6 nitrogen and oxygen atoms in total. The van der Waals surface area contributed by atoms with Crippen LogP contribution < -0.4 is 10.3 Å². The molecule has 1 aliphatic carbocycles. The lowest BCUT2D eigenvalue weighted by Gasteiger charge is -2.38. The van der Waals surface area contributed by atoms with Crippen molar-refractivity contribution in [2.75, 3.05) is 11.6 Å². The summed E-state index contributed by atoms with van der Waals surface area (Å²) in [6.07, 6.45) is 2.77. The van der Waals surface area contributed by atoms with Crippen LogP contribution in [0.2, 0.25) is 0 Å². The maximum atomic E-state index is 12.2. The summed E-state index contributed by atoms with van der Waals surface area (Å²) in [6.45, 7) is 2.84. The third kappa shape index (κ3) is 2.56. The van der Waals surface area contributed by atoms with Crippen LogP contribution in [-0.4, -0.2) is 34.8 Å². The molecule has 1 fully saturated rings. The van der Waals surface area contributed by atoms with Gasteiger partial charge in [-0.2, -0.15) is 5.10 Å². The van der Waals surface area contributed by atoms with Crippen LogP contribution in [0.4, 0.5) is 5.69 Å². The molecule has 0 spiro atoms. The fraction of sp³-hybridized carbons (Fsp3) is 0.438. The van der Waals surface area contributed by atoms with E-state index in [1.165, 1.54) is 0 Å². The van der Waals surface area contributed by atoms with Crippen molar-refractivity contribution in [1.29, 1.82) is 0 Å². The smallest absolute Gasteiger partial charge is 0.329 e. The molecule has 1 heterocycles. The zero-order valence-electron chi connectivity index (χ0n) is 12.5. The molecule has 0 unspecified atom stereocenters. The molecule has 6 heteroatoms. The van der Waals surface area contributed by atoms with Gasteiger partial charge in [0.25, 0.3) is 5.91 Å². The second kappa shape index (κ2) is 5.44. The van der Waals surface area contributed by atoms with Gasteiger partial charge in [0.2, 0.25) is 0 Å². The summed E-state index contributed by atoms with van der Waals surface area (Å²) < 4.78 is 0. The summed E-state index contributed by atoms with van der Waals surface area (Å²) in [6, 6.07) is 7.10. The van der Waals surface area contributed by atoms with Gasteiger partial charge in [-0.1, -0.05) is 0 Å². The van der Waals surface area contributed by atoms with Crippen LogP contribution in [0, 0.1) is 0 Å². The van der Waals surface area contributed by atoms with Crippen molar-refractivity contribution < 1.29 is 14.7 Å². The Labute approximate surface area is 128 Å². The van der Waals surface area contributed by atoms with Crippen molar-refractivity contribution >= 4 is 23.3 Å². The van der Waals surface area contributed by atoms with Gasteiger partial charge >= 0.3 is 5.97 Å². The molecule has 3 rings (SSSR count). The average molecular weight is 301 g/mol. The van der Waals surface area contributed by atoms with E-state index < -0.39 is 11.5 Å². The minimum atomic E-state index is -1.08. The van der Waals surface area contributed by atoms with Gasteiger partial charge in [-0.05, 0) is 50.5 Å². The Morgan fingerprint density at radius 3 is 2.41 bits per heavy atom. The number of carbonyl (C=O) groups is 2. The number of nitrogens with zero attached hydrogens (tertiary/aromatic N) is 2. The molecule has 1 saturated carbocycles. The van der Waals surface area contributed by atoms with Crippen LogP contribution in [0.1, 0.15) is 43.0 Å². The molecule has 22 heavy (non-hydrogen) atoms. The Bertz CT molecular complexity index is 633. The Kier molecular flexibility index (Phi) is 3.60. The lowest BCUT2D eigenvalue weighted by Crippen LogP contribution is -2.59. The third-order valence-corrected chi connectivity index (χ3v) is 4.37. The second-order valence-electron chi connectivity index (χ2n) is 5.95. The van der Waals surface area contributed by atoms with E-state index in [1.807, 2.05) is 24.1 Å². The Morgan fingerprint density at radius 2 is 1.95 bits per heavy atom. The molecule has 116 valence electrons. The highest BCUT2D eigenvalue weighted by molar-refractivity contribution is 5.98. The van der Waals surface area contributed by atoms with E-state index in [1.54, 1.807) is 12.1 Å². The summed E-state index contributed by atoms with van der Waals surface area (Å²) in [5.41, 5.74) is 1.42. The van der Waals surface area contributed by atoms with E-state index in [9.17, 15) is 14.7 Å². The van der Waals surface area contributed by atoms with Gasteiger partial charge in [-0.15, -0.1) is 0 Å². The van der Waals surface area contributed by atoms with E-state index >= 15 is 0 Å². The standard InChI is InChI=1S/C16H19N3O3/c1-11-7-10-19(18-11)13-5-3-12(4-6-13)14(20)17-16(15(21)22)8-2-9-16/h3-6H,2,7-10H2,1H3,(H,17,20)(H,21,22). The van der Waals surface area contributed by atoms with Crippen molar-refractivity contribution in [1.82, 2.24) is 5.32 Å². The number of hydrogen-bond acceptors (Lipinski definition) is 4. The summed E-state index contributed by atoms with van der Waals surface area (Å²) in [7, 11) is 0. The molecular weight excluding hydrogens is 282 g/mol. The van der Waals surface area contributed by atoms with Gasteiger partial charge in [-0.3, -0.25) is 9.80 Å². The fourth-order valence-corrected chi connectivity index (χ4v) is 2.76. The summed E-state index contributed by atoms with van der Waals surface area (Å²) in [5, 5.41) is 18.2. The SMILES string of the molecule is CC1=NN(c2ccc(C(=O)NC3(C(=O)O)CCC3)cc2)CC1. The van der Waals surface area contributed by atoms with Gasteiger partial charge in [0.15, 0.2) is 0 Å². The van der Waals surface area contributed by atoms with Crippen LogP contribution in [0.3, 0.4) is 0 Å².